The van der Waals surface area contributed by atoms with Gasteiger partial charge in [0.2, 0.25) is 0 Å². The number of carbonyl (C=O) groups excluding carboxylic acids is 1. The second-order valence-corrected chi connectivity index (χ2v) is 5.55. The number of pyridine rings is 1. The molecule has 0 aliphatic heterocycles. The van der Waals surface area contributed by atoms with Crippen LogP contribution in [-0.4, -0.2) is 10.8 Å². The number of halogens is 1. The van der Waals surface area contributed by atoms with Crippen molar-refractivity contribution in [3.05, 3.63) is 54.1 Å². The van der Waals surface area contributed by atoms with Crippen molar-refractivity contribution in [1.82, 2.24) is 4.98 Å². The molecule has 3 heteroatoms. The third-order valence-corrected chi connectivity index (χ3v) is 2.86. The van der Waals surface area contributed by atoms with Gasteiger partial charge in [-0.2, -0.15) is 0 Å². The lowest BCUT2D eigenvalue weighted by atomic mass is 9.86. The van der Waals surface area contributed by atoms with E-state index in [0.29, 0.717) is 5.56 Å². The van der Waals surface area contributed by atoms with Crippen LogP contribution in [-0.2, 0) is 0 Å². The molecule has 0 bridgehead atoms. The molecule has 19 heavy (non-hydrogen) atoms. The minimum absolute atomic E-state index is 0.0453. The number of ketones is 1. The molecule has 0 radical (unpaired) electrons. The molecule has 2 aromatic rings. The summed E-state index contributed by atoms with van der Waals surface area (Å²) >= 11 is 0. The highest BCUT2D eigenvalue weighted by Crippen LogP contribution is 2.24. The van der Waals surface area contributed by atoms with E-state index in [2.05, 4.69) is 4.98 Å². The number of Topliss-reactive ketones (excluding diaryl/α,β-unsaturated/α-hetero) is 1. The zero-order valence-electron chi connectivity index (χ0n) is 11.3. The van der Waals surface area contributed by atoms with Gasteiger partial charge in [-0.1, -0.05) is 32.9 Å². The molecule has 0 aliphatic rings. The maximum Gasteiger partial charge on any atom is 0.169 e. The predicted octanol–water partition coefficient (Wildman–Crippen LogP) is 4.12. The summed E-state index contributed by atoms with van der Waals surface area (Å²) in [5.74, 6) is -0.234. The van der Waals surface area contributed by atoms with Crippen molar-refractivity contribution in [3.63, 3.8) is 0 Å². The van der Waals surface area contributed by atoms with Gasteiger partial charge in [0, 0.05) is 28.9 Å². The van der Waals surface area contributed by atoms with Crippen molar-refractivity contribution in [3.8, 4) is 11.1 Å². The molecule has 98 valence electrons. The number of hydrogen-bond acceptors (Lipinski definition) is 2. The molecule has 2 rings (SSSR count). The second-order valence-electron chi connectivity index (χ2n) is 5.55. The molecule has 0 amide bonds. The number of aromatic nitrogens is 1. The van der Waals surface area contributed by atoms with Crippen molar-refractivity contribution in [2.75, 3.05) is 0 Å². The lowest BCUT2D eigenvalue weighted by Gasteiger charge is -2.16. The second kappa shape index (κ2) is 4.92. The highest BCUT2D eigenvalue weighted by atomic mass is 19.1. The van der Waals surface area contributed by atoms with E-state index < -0.39 is 5.41 Å². The number of hydrogen-bond donors (Lipinski definition) is 0. The van der Waals surface area contributed by atoms with Crippen LogP contribution in [0.5, 0.6) is 0 Å². The Kier molecular flexibility index (Phi) is 3.47. The Morgan fingerprint density at radius 2 is 1.68 bits per heavy atom. The Bertz CT molecular complexity index is 597. The first kappa shape index (κ1) is 13.4. The highest BCUT2D eigenvalue weighted by Gasteiger charge is 2.23. The van der Waals surface area contributed by atoms with Crippen LogP contribution in [0.3, 0.4) is 0 Å². The molecule has 1 aromatic carbocycles. The van der Waals surface area contributed by atoms with Gasteiger partial charge < -0.3 is 0 Å². The Morgan fingerprint density at radius 3 is 2.26 bits per heavy atom. The monoisotopic (exact) mass is 257 g/mol. The first-order valence-electron chi connectivity index (χ1n) is 6.14. The van der Waals surface area contributed by atoms with Crippen LogP contribution in [0, 0.1) is 11.2 Å². The molecule has 0 unspecified atom stereocenters. The highest BCUT2D eigenvalue weighted by molar-refractivity contribution is 6.00. The van der Waals surface area contributed by atoms with Crippen LogP contribution in [0.25, 0.3) is 11.1 Å². The first-order valence-corrected chi connectivity index (χ1v) is 6.14. The van der Waals surface area contributed by atoms with Crippen molar-refractivity contribution in [1.29, 1.82) is 0 Å². The van der Waals surface area contributed by atoms with Gasteiger partial charge in [0.15, 0.2) is 5.78 Å². The van der Waals surface area contributed by atoms with E-state index in [-0.39, 0.29) is 11.6 Å². The summed E-state index contributed by atoms with van der Waals surface area (Å²) in [5.41, 5.74) is 1.80. The lowest BCUT2D eigenvalue weighted by Crippen LogP contribution is -2.20. The van der Waals surface area contributed by atoms with E-state index in [1.54, 1.807) is 30.6 Å². The zero-order chi connectivity index (χ0) is 14.0. The molecular formula is C16H16FNO. The van der Waals surface area contributed by atoms with Gasteiger partial charge in [-0.25, -0.2) is 4.39 Å². The van der Waals surface area contributed by atoms with Crippen molar-refractivity contribution in [2.24, 2.45) is 5.41 Å². The van der Waals surface area contributed by atoms with Crippen molar-refractivity contribution >= 4 is 5.78 Å². The van der Waals surface area contributed by atoms with Crippen LogP contribution in [0.4, 0.5) is 4.39 Å². The van der Waals surface area contributed by atoms with Gasteiger partial charge in [0.1, 0.15) is 5.82 Å². The summed E-state index contributed by atoms with van der Waals surface area (Å²) in [5, 5.41) is 0. The van der Waals surface area contributed by atoms with Crippen molar-refractivity contribution < 1.29 is 9.18 Å². The fourth-order valence-corrected chi connectivity index (χ4v) is 1.80. The van der Waals surface area contributed by atoms with Gasteiger partial charge in [0.25, 0.3) is 0 Å². The number of nitrogens with zero attached hydrogens (tertiary/aromatic N) is 1. The third kappa shape index (κ3) is 3.05. The van der Waals surface area contributed by atoms with Gasteiger partial charge in [0.05, 0.1) is 0 Å². The molecule has 0 saturated heterocycles. The minimum Gasteiger partial charge on any atom is -0.294 e. The molecular weight excluding hydrogens is 241 g/mol. The quantitative estimate of drug-likeness (QED) is 0.757. The molecule has 0 aliphatic carbocycles. The standard InChI is InChI=1S/C16H16FNO/c1-16(2,3)15(19)13-8-12(9-18-10-13)11-4-6-14(17)7-5-11/h4-10H,1-3H3. The van der Waals surface area contributed by atoms with Gasteiger partial charge in [-0.3, -0.25) is 9.78 Å². The maximum atomic E-state index is 12.9. The largest absolute Gasteiger partial charge is 0.294 e. The SMILES string of the molecule is CC(C)(C)C(=O)c1cncc(-c2ccc(F)cc2)c1. The molecule has 0 saturated carbocycles. The van der Waals surface area contributed by atoms with Gasteiger partial charge >= 0.3 is 0 Å². The Hall–Kier alpha value is -2.03. The lowest BCUT2D eigenvalue weighted by molar-refractivity contribution is 0.0858. The van der Waals surface area contributed by atoms with E-state index in [1.807, 2.05) is 20.8 Å². The van der Waals surface area contributed by atoms with E-state index in [9.17, 15) is 9.18 Å². The van der Waals surface area contributed by atoms with Gasteiger partial charge in [-0.15, -0.1) is 0 Å². The minimum atomic E-state index is -0.441. The molecule has 1 heterocycles. The Balaban J connectivity index is 2.40. The Morgan fingerprint density at radius 1 is 1.05 bits per heavy atom. The average Bonchev–Trinajstić information content (AvgIpc) is 2.38. The topological polar surface area (TPSA) is 30.0 Å². The number of carbonyl (C=O) groups is 1. The smallest absolute Gasteiger partial charge is 0.169 e. The number of rotatable bonds is 2. The van der Waals surface area contributed by atoms with Gasteiger partial charge in [-0.05, 0) is 23.8 Å². The summed E-state index contributed by atoms with van der Waals surface area (Å²) in [6.07, 6.45) is 3.24. The normalized spacial score (nSPS) is 11.4. The first-order chi connectivity index (χ1) is 8.88. The van der Waals surface area contributed by atoms with Crippen LogP contribution in [0.1, 0.15) is 31.1 Å². The van der Waals surface area contributed by atoms with E-state index in [0.717, 1.165) is 11.1 Å². The molecule has 0 atom stereocenters. The summed E-state index contributed by atoms with van der Waals surface area (Å²) in [6.45, 7) is 5.62. The zero-order valence-corrected chi connectivity index (χ0v) is 11.3. The number of benzene rings is 1. The third-order valence-electron chi connectivity index (χ3n) is 2.86. The van der Waals surface area contributed by atoms with Crippen LogP contribution < -0.4 is 0 Å². The fraction of sp³-hybridized carbons (Fsp3) is 0.250. The van der Waals surface area contributed by atoms with E-state index >= 15 is 0 Å². The van der Waals surface area contributed by atoms with Crippen LogP contribution in [0.15, 0.2) is 42.7 Å². The maximum absolute atomic E-state index is 12.9. The Labute approximate surface area is 112 Å². The molecule has 0 spiro atoms. The molecule has 1 aromatic heterocycles. The summed E-state index contributed by atoms with van der Waals surface area (Å²) in [7, 11) is 0. The average molecular weight is 257 g/mol. The van der Waals surface area contributed by atoms with Crippen LogP contribution >= 0.6 is 0 Å². The van der Waals surface area contributed by atoms with Crippen LogP contribution in [0.2, 0.25) is 0 Å². The fourth-order valence-electron chi connectivity index (χ4n) is 1.80. The molecule has 0 fully saturated rings. The summed E-state index contributed by atoms with van der Waals surface area (Å²) < 4.78 is 12.9. The van der Waals surface area contributed by atoms with Crippen molar-refractivity contribution in [2.45, 2.75) is 20.8 Å². The van der Waals surface area contributed by atoms with E-state index in [4.69, 9.17) is 0 Å². The summed E-state index contributed by atoms with van der Waals surface area (Å²) in [4.78, 5) is 16.3. The molecule has 0 N–H and O–H groups in total. The molecule has 2 nitrogen and oxygen atoms in total. The summed E-state index contributed by atoms with van der Waals surface area (Å²) in [6, 6.07) is 7.95. The van der Waals surface area contributed by atoms with E-state index in [1.165, 1.54) is 12.1 Å². The predicted molar refractivity (Wildman–Crippen MR) is 73.4 cm³/mol.